The minimum atomic E-state index is -0.418. The molecule has 0 saturated carbocycles. The van der Waals surface area contributed by atoms with Gasteiger partial charge < -0.3 is 4.74 Å². The first kappa shape index (κ1) is 14.0. The summed E-state index contributed by atoms with van der Waals surface area (Å²) < 4.78 is 5.72. The molecule has 1 amide bonds. The van der Waals surface area contributed by atoms with E-state index in [4.69, 9.17) is 10.6 Å². The average Bonchev–Trinajstić information content (AvgIpc) is 2.46. The molecule has 0 saturated heterocycles. The van der Waals surface area contributed by atoms with Crippen LogP contribution in [0.25, 0.3) is 0 Å². The molecule has 0 fully saturated rings. The van der Waals surface area contributed by atoms with E-state index in [1.807, 2.05) is 26.0 Å². The monoisotopic (exact) mass is 271 g/mol. The lowest BCUT2D eigenvalue weighted by molar-refractivity contribution is 0.0948. The number of ether oxygens (including phenoxy) is 1. The number of amides is 1. The van der Waals surface area contributed by atoms with Gasteiger partial charge in [-0.2, -0.15) is 0 Å². The minimum absolute atomic E-state index is 0.272. The van der Waals surface area contributed by atoms with Crippen molar-refractivity contribution in [3.8, 4) is 5.75 Å². The van der Waals surface area contributed by atoms with Crippen LogP contribution >= 0.6 is 0 Å². The van der Waals surface area contributed by atoms with E-state index in [9.17, 15) is 4.79 Å². The lowest BCUT2D eigenvalue weighted by Gasteiger charge is -2.10. The third kappa shape index (κ3) is 3.33. The number of rotatable bonds is 4. The summed E-state index contributed by atoms with van der Waals surface area (Å²) in [5, 5.41) is 0. The molecule has 0 bridgehead atoms. The first-order valence-corrected chi connectivity index (χ1v) is 6.27. The number of nitrogens with zero attached hydrogens (tertiary/aromatic N) is 1. The summed E-state index contributed by atoms with van der Waals surface area (Å²) in [6.45, 7) is 4.33. The van der Waals surface area contributed by atoms with E-state index in [1.54, 1.807) is 18.2 Å². The summed E-state index contributed by atoms with van der Waals surface area (Å²) in [6, 6.07) is 11.1. The molecule has 0 atom stereocenters. The molecule has 1 aromatic carbocycles. The molecule has 2 rings (SSSR count). The maximum atomic E-state index is 11.4. The number of aryl methyl sites for hydroxylation is 2. The van der Waals surface area contributed by atoms with Crippen LogP contribution in [0.2, 0.25) is 0 Å². The van der Waals surface area contributed by atoms with Crippen LogP contribution in [0.4, 0.5) is 0 Å². The molecule has 3 N–H and O–H groups in total. The van der Waals surface area contributed by atoms with Crippen molar-refractivity contribution in [3.05, 3.63) is 58.9 Å². The highest BCUT2D eigenvalue weighted by molar-refractivity contribution is 5.91. The summed E-state index contributed by atoms with van der Waals surface area (Å²) in [5.41, 5.74) is 5.26. The maximum Gasteiger partial charge on any atom is 0.283 e. The summed E-state index contributed by atoms with van der Waals surface area (Å²) in [5.74, 6) is 5.48. The number of aromatic nitrogens is 1. The minimum Gasteiger partial charge on any atom is -0.487 e. The Morgan fingerprint density at radius 1 is 1.30 bits per heavy atom. The van der Waals surface area contributed by atoms with Crippen LogP contribution in [-0.2, 0) is 6.61 Å². The number of carbonyl (C=O) groups is 1. The Bertz CT molecular complexity index is 626. The number of hydrogen-bond donors (Lipinski definition) is 2. The number of nitrogen functional groups attached to an aromatic ring is 1. The van der Waals surface area contributed by atoms with Crippen molar-refractivity contribution in [1.82, 2.24) is 10.4 Å². The molecule has 20 heavy (non-hydrogen) atoms. The quantitative estimate of drug-likeness (QED) is 0.505. The van der Waals surface area contributed by atoms with Gasteiger partial charge in [-0.1, -0.05) is 23.8 Å². The lowest BCUT2D eigenvalue weighted by Crippen LogP contribution is -2.30. The number of hydrogen-bond acceptors (Lipinski definition) is 4. The van der Waals surface area contributed by atoms with E-state index in [2.05, 4.69) is 16.5 Å². The van der Waals surface area contributed by atoms with E-state index in [1.165, 1.54) is 5.56 Å². The second-order valence-corrected chi connectivity index (χ2v) is 4.55. The first-order chi connectivity index (χ1) is 9.60. The third-order valence-corrected chi connectivity index (χ3v) is 2.88. The van der Waals surface area contributed by atoms with Gasteiger partial charge in [0.2, 0.25) is 0 Å². The predicted octanol–water partition coefficient (Wildman–Crippen LogP) is 1.88. The van der Waals surface area contributed by atoms with Crippen LogP contribution in [0.1, 0.15) is 27.3 Å². The maximum absolute atomic E-state index is 11.4. The molecule has 0 spiro atoms. The van der Waals surface area contributed by atoms with Crippen molar-refractivity contribution in [2.24, 2.45) is 5.84 Å². The third-order valence-electron chi connectivity index (χ3n) is 2.88. The Balaban J connectivity index is 2.09. The molecule has 1 aromatic heterocycles. The topological polar surface area (TPSA) is 77.2 Å². The molecule has 0 radical (unpaired) electrons. The van der Waals surface area contributed by atoms with E-state index in [-0.39, 0.29) is 5.69 Å². The van der Waals surface area contributed by atoms with Crippen LogP contribution in [0.15, 0.2) is 36.4 Å². The van der Waals surface area contributed by atoms with Gasteiger partial charge in [0, 0.05) is 0 Å². The number of nitrogens with one attached hydrogen (secondary N) is 1. The molecule has 5 heteroatoms. The normalized spacial score (nSPS) is 10.2. The second-order valence-electron chi connectivity index (χ2n) is 4.55. The van der Waals surface area contributed by atoms with Gasteiger partial charge in [-0.3, -0.25) is 10.2 Å². The molecule has 0 aliphatic heterocycles. The highest BCUT2D eigenvalue weighted by Gasteiger charge is 2.07. The second kappa shape index (κ2) is 6.16. The van der Waals surface area contributed by atoms with E-state index in [0.717, 1.165) is 11.3 Å². The lowest BCUT2D eigenvalue weighted by atomic mass is 10.1. The zero-order valence-corrected chi connectivity index (χ0v) is 11.5. The molecular weight excluding hydrogens is 254 g/mol. The van der Waals surface area contributed by atoms with Crippen molar-refractivity contribution in [2.75, 3.05) is 0 Å². The number of benzene rings is 1. The van der Waals surface area contributed by atoms with E-state index >= 15 is 0 Å². The SMILES string of the molecule is Cc1ccc(OCc2cccc(C(=O)NN)n2)c(C)c1. The standard InChI is InChI=1S/C15H17N3O2/c1-10-6-7-14(11(2)8-10)20-9-12-4-3-5-13(17-12)15(19)18-16/h3-8H,9,16H2,1-2H3,(H,18,19). The van der Waals surface area contributed by atoms with Crippen molar-refractivity contribution in [1.29, 1.82) is 0 Å². The van der Waals surface area contributed by atoms with Crippen LogP contribution in [0.5, 0.6) is 5.75 Å². The van der Waals surface area contributed by atoms with Crippen molar-refractivity contribution in [3.63, 3.8) is 0 Å². The smallest absolute Gasteiger partial charge is 0.283 e. The van der Waals surface area contributed by atoms with Gasteiger partial charge in [0.25, 0.3) is 5.91 Å². The fourth-order valence-corrected chi connectivity index (χ4v) is 1.87. The molecule has 104 valence electrons. The highest BCUT2D eigenvalue weighted by Crippen LogP contribution is 2.19. The highest BCUT2D eigenvalue weighted by atomic mass is 16.5. The molecule has 0 aliphatic rings. The fraction of sp³-hybridized carbons (Fsp3) is 0.200. The van der Waals surface area contributed by atoms with Gasteiger partial charge in [0.15, 0.2) is 0 Å². The number of carbonyl (C=O) groups excluding carboxylic acids is 1. The molecule has 5 nitrogen and oxygen atoms in total. The fourth-order valence-electron chi connectivity index (χ4n) is 1.87. The average molecular weight is 271 g/mol. The van der Waals surface area contributed by atoms with Gasteiger partial charge in [-0.05, 0) is 37.6 Å². The van der Waals surface area contributed by atoms with Gasteiger partial charge in [-0.15, -0.1) is 0 Å². The van der Waals surface area contributed by atoms with Crippen LogP contribution in [-0.4, -0.2) is 10.9 Å². The molecule has 1 heterocycles. The van der Waals surface area contributed by atoms with Gasteiger partial charge in [0.05, 0.1) is 5.69 Å². The summed E-state index contributed by atoms with van der Waals surface area (Å²) in [7, 11) is 0. The van der Waals surface area contributed by atoms with Gasteiger partial charge in [0.1, 0.15) is 18.1 Å². The Hall–Kier alpha value is -2.40. The summed E-state index contributed by atoms with van der Waals surface area (Å²) >= 11 is 0. The Morgan fingerprint density at radius 3 is 2.80 bits per heavy atom. The Morgan fingerprint density at radius 2 is 2.10 bits per heavy atom. The Kier molecular flexibility index (Phi) is 4.32. The molecular formula is C15H17N3O2. The van der Waals surface area contributed by atoms with Crippen LogP contribution in [0.3, 0.4) is 0 Å². The van der Waals surface area contributed by atoms with Gasteiger partial charge in [-0.25, -0.2) is 10.8 Å². The number of pyridine rings is 1. The summed E-state index contributed by atoms with van der Waals surface area (Å²) in [4.78, 5) is 15.6. The van der Waals surface area contributed by atoms with E-state index < -0.39 is 5.91 Å². The zero-order chi connectivity index (χ0) is 14.5. The Labute approximate surface area is 117 Å². The first-order valence-electron chi connectivity index (χ1n) is 6.27. The molecule has 2 aromatic rings. The zero-order valence-electron chi connectivity index (χ0n) is 11.5. The van der Waals surface area contributed by atoms with Gasteiger partial charge >= 0.3 is 0 Å². The number of nitrogens with two attached hydrogens (primary N) is 1. The molecule has 0 aliphatic carbocycles. The molecule has 0 unspecified atom stereocenters. The van der Waals surface area contributed by atoms with Crippen LogP contribution < -0.4 is 16.0 Å². The predicted molar refractivity (Wildman–Crippen MR) is 76.1 cm³/mol. The van der Waals surface area contributed by atoms with Crippen molar-refractivity contribution >= 4 is 5.91 Å². The summed E-state index contributed by atoms with van der Waals surface area (Å²) in [6.07, 6.45) is 0. The van der Waals surface area contributed by atoms with E-state index in [0.29, 0.717) is 12.3 Å². The van der Waals surface area contributed by atoms with Crippen LogP contribution in [0, 0.1) is 13.8 Å². The largest absolute Gasteiger partial charge is 0.487 e. The van der Waals surface area contributed by atoms with Crippen molar-refractivity contribution in [2.45, 2.75) is 20.5 Å². The number of hydrazine groups is 1. The van der Waals surface area contributed by atoms with Crippen molar-refractivity contribution < 1.29 is 9.53 Å².